The van der Waals surface area contributed by atoms with E-state index in [1.165, 1.54) is 24.3 Å². The first kappa shape index (κ1) is 50.7. The Morgan fingerprint density at radius 2 is 1.48 bits per heavy atom. The monoisotopic (exact) mass is 1010 g/mol. The predicted molar refractivity (Wildman–Crippen MR) is 289 cm³/mol. The summed E-state index contributed by atoms with van der Waals surface area (Å²) in [5.41, 5.74) is 4.02. The molecule has 10 rings (SSSR count). The lowest BCUT2D eigenvalue weighted by Crippen LogP contribution is -2.70. The fourth-order valence-corrected chi connectivity index (χ4v) is 11.5. The quantitative estimate of drug-likeness (QED) is 0.0307. The van der Waals surface area contributed by atoms with Crippen LogP contribution in [0.4, 0.5) is 10.5 Å². The Morgan fingerprint density at radius 1 is 0.787 bits per heavy atom. The molecular formula is C62H61N3O10. The van der Waals surface area contributed by atoms with Gasteiger partial charge in [0.25, 0.3) is 5.69 Å². The molecule has 1 heterocycles. The molecule has 13 heteroatoms. The number of aliphatic hydroxyl groups is 2. The fraction of sp³-hybridized carbons (Fsp3) is 0.290. The molecule has 0 spiro atoms. The largest absolute Gasteiger partial charge is 0.459 e. The standard InChI is InChI=1S/C62H61N3O10/c1-2-35-71-62-58(64(40-47-22-14-21-44-18-8-9-23-52(44)47)61(68)74-49-29-26-48(27-30-49)65(69)70)39-56(63-72-41-42-15-4-3-5-16-42)54-37-46(20-10-12-33-66)53(24-11-13-34-67)59(60(54)62)55-38-51(31-32-57(55)75-62)73-50-28-25-43-17-6-7-19-45(43)36-50/h2-9,14-19,21-23,25-32,36-38,46,53,58-60,66-67H,1,10-13,20,24,33-35,39-41H2. The average molecular weight is 1010 g/mol. The summed E-state index contributed by atoms with van der Waals surface area (Å²) in [7, 11) is 0. The summed E-state index contributed by atoms with van der Waals surface area (Å²) in [5, 5.41) is 41.1. The zero-order valence-corrected chi connectivity index (χ0v) is 41.7. The van der Waals surface area contributed by atoms with Crippen molar-refractivity contribution in [2.45, 2.75) is 75.8 Å². The zero-order valence-electron chi connectivity index (χ0n) is 41.7. The van der Waals surface area contributed by atoms with Crippen LogP contribution in [0.5, 0.6) is 23.0 Å². The molecule has 7 aromatic carbocycles. The minimum Gasteiger partial charge on any atom is -0.459 e. The zero-order chi connectivity index (χ0) is 51.7. The van der Waals surface area contributed by atoms with Crippen molar-refractivity contribution in [1.29, 1.82) is 0 Å². The molecular weight excluding hydrogens is 947 g/mol. The number of non-ortho nitro benzene ring substituents is 1. The van der Waals surface area contributed by atoms with Gasteiger partial charge in [-0.2, -0.15) is 0 Å². The topological polar surface area (TPSA) is 162 Å². The van der Waals surface area contributed by atoms with E-state index in [0.717, 1.165) is 69.5 Å². The smallest absolute Gasteiger partial charge is 0.416 e. The highest BCUT2D eigenvalue weighted by Crippen LogP contribution is 2.62. The van der Waals surface area contributed by atoms with Crippen LogP contribution in [0.25, 0.3) is 21.5 Å². The number of hydrogen-bond acceptors (Lipinski definition) is 11. The van der Waals surface area contributed by atoms with Crippen LogP contribution >= 0.6 is 0 Å². The van der Waals surface area contributed by atoms with Crippen molar-refractivity contribution in [3.63, 3.8) is 0 Å². The molecule has 3 aliphatic rings. The van der Waals surface area contributed by atoms with E-state index in [-0.39, 0.29) is 68.6 Å². The summed E-state index contributed by atoms with van der Waals surface area (Å²) in [5.74, 6) is -0.631. The van der Waals surface area contributed by atoms with E-state index in [1.807, 2.05) is 115 Å². The van der Waals surface area contributed by atoms with Gasteiger partial charge in [0.1, 0.15) is 35.6 Å². The number of fused-ring (bicyclic) bond motifs is 4. The molecule has 1 amide bonds. The van der Waals surface area contributed by atoms with Crippen LogP contribution in [0.1, 0.15) is 67.6 Å². The van der Waals surface area contributed by atoms with Crippen molar-refractivity contribution in [3.8, 4) is 23.0 Å². The Bertz CT molecular complexity index is 3210. The highest BCUT2D eigenvalue weighted by Gasteiger charge is 2.66. The summed E-state index contributed by atoms with van der Waals surface area (Å²) < 4.78 is 27.8. The molecule has 384 valence electrons. The number of nitro groups is 1. The van der Waals surface area contributed by atoms with Crippen molar-refractivity contribution >= 4 is 39.0 Å². The van der Waals surface area contributed by atoms with Crippen LogP contribution in [-0.2, 0) is 22.7 Å². The van der Waals surface area contributed by atoms with Crippen molar-refractivity contribution in [3.05, 3.63) is 209 Å². The normalized spacial score (nSPS) is 21.1. The Labute approximate surface area is 436 Å². The van der Waals surface area contributed by atoms with Gasteiger partial charge in [-0.15, -0.1) is 6.58 Å². The molecule has 6 atom stereocenters. The third-order valence-electron chi connectivity index (χ3n) is 14.9. The van der Waals surface area contributed by atoms with E-state index in [4.69, 9.17) is 28.9 Å². The summed E-state index contributed by atoms with van der Waals surface area (Å²) in [6.07, 6.45) is 7.64. The minimum absolute atomic E-state index is 0.00521. The first-order valence-electron chi connectivity index (χ1n) is 25.9. The number of unbranched alkanes of at least 4 members (excludes halogenated alkanes) is 2. The van der Waals surface area contributed by atoms with E-state index >= 15 is 4.79 Å². The molecule has 2 aliphatic carbocycles. The van der Waals surface area contributed by atoms with Gasteiger partial charge in [-0.1, -0.05) is 133 Å². The Hall–Kier alpha value is -7.84. The minimum atomic E-state index is -1.61. The van der Waals surface area contributed by atoms with E-state index in [0.29, 0.717) is 35.8 Å². The number of nitrogens with zero attached hydrogens (tertiary/aromatic N) is 3. The number of aliphatic hydroxyl groups excluding tert-OH is 2. The lowest BCUT2D eigenvalue weighted by Gasteiger charge is -2.59. The lowest BCUT2D eigenvalue weighted by molar-refractivity contribution is -0.384. The van der Waals surface area contributed by atoms with E-state index in [2.05, 4.69) is 30.9 Å². The second-order valence-electron chi connectivity index (χ2n) is 19.5. The van der Waals surface area contributed by atoms with Crippen molar-refractivity contribution in [2.24, 2.45) is 22.9 Å². The fourth-order valence-electron chi connectivity index (χ4n) is 11.5. The van der Waals surface area contributed by atoms with Crippen LogP contribution in [0, 0.1) is 27.9 Å². The number of benzene rings is 7. The number of oxime groups is 1. The van der Waals surface area contributed by atoms with Gasteiger partial charge < -0.3 is 34.0 Å². The third-order valence-corrected chi connectivity index (χ3v) is 14.9. The van der Waals surface area contributed by atoms with Gasteiger partial charge in [-0.25, -0.2) is 4.79 Å². The van der Waals surface area contributed by atoms with Crippen LogP contribution in [0.15, 0.2) is 187 Å². The number of allylic oxidation sites excluding steroid dienone is 1. The first-order chi connectivity index (χ1) is 36.8. The maximum absolute atomic E-state index is 15.5. The average Bonchev–Trinajstić information content (AvgIpc) is 3.45. The number of rotatable bonds is 21. The molecule has 7 aromatic rings. The van der Waals surface area contributed by atoms with E-state index in [1.54, 1.807) is 11.0 Å². The maximum Gasteiger partial charge on any atom is 0.416 e. The molecule has 0 bridgehead atoms. The Morgan fingerprint density at radius 3 is 2.25 bits per heavy atom. The summed E-state index contributed by atoms with van der Waals surface area (Å²) in [6.45, 7) is 4.50. The molecule has 0 saturated heterocycles. The number of carbonyl (C=O) groups excluding carboxylic acids is 1. The Kier molecular flexibility index (Phi) is 15.6. The molecule has 6 unspecified atom stereocenters. The Balaban J connectivity index is 1.18. The number of hydrogen-bond donors (Lipinski definition) is 2. The number of amides is 1. The molecule has 13 nitrogen and oxygen atoms in total. The highest BCUT2D eigenvalue weighted by atomic mass is 16.7. The maximum atomic E-state index is 15.5. The molecule has 1 aliphatic heterocycles. The van der Waals surface area contributed by atoms with Gasteiger partial charge in [0.15, 0.2) is 0 Å². The van der Waals surface area contributed by atoms with Gasteiger partial charge in [0.2, 0.25) is 5.79 Å². The van der Waals surface area contributed by atoms with Crippen LogP contribution in [-0.4, -0.2) is 63.5 Å². The van der Waals surface area contributed by atoms with Crippen LogP contribution in [0.3, 0.4) is 0 Å². The number of ether oxygens (including phenoxy) is 4. The van der Waals surface area contributed by atoms with Crippen LogP contribution < -0.4 is 14.2 Å². The summed E-state index contributed by atoms with van der Waals surface area (Å²) >= 11 is 0. The lowest BCUT2D eigenvalue weighted by atomic mass is 9.55. The second kappa shape index (κ2) is 23.1. The number of carbonyl (C=O) groups is 1. The molecule has 1 saturated carbocycles. The van der Waals surface area contributed by atoms with Gasteiger partial charge in [-0.05, 0) is 118 Å². The van der Waals surface area contributed by atoms with Gasteiger partial charge in [0, 0.05) is 43.2 Å². The van der Waals surface area contributed by atoms with Gasteiger partial charge in [-0.3, -0.25) is 15.0 Å². The predicted octanol–water partition coefficient (Wildman–Crippen LogP) is 13.2. The van der Waals surface area contributed by atoms with Crippen molar-refractivity contribution in [1.82, 2.24) is 4.90 Å². The SMILES string of the molecule is C=CCOC12Oc3ccc(Oc4ccc5ccccc5c4)cc3C3C(CCCCO)C(CCCCO)C=C(C(=NOCc4ccccc4)CC1N(Cc1cccc4ccccc14)C(=O)Oc1ccc([N+](=O)[O-])cc1)C32. The molecule has 0 aromatic heterocycles. The van der Waals surface area contributed by atoms with Gasteiger partial charge >= 0.3 is 6.09 Å². The second-order valence-corrected chi connectivity index (χ2v) is 19.5. The molecule has 2 N–H and O–H groups in total. The van der Waals surface area contributed by atoms with Crippen molar-refractivity contribution in [2.75, 3.05) is 19.8 Å². The summed E-state index contributed by atoms with van der Waals surface area (Å²) in [4.78, 5) is 34.7. The third kappa shape index (κ3) is 10.9. The van der Waals surface area contributed by atoms with Gasteiger partial charge in [0.05, 0.1) is 29.7 Å². The van der Waals surface area contributed by atoms with E-state index < -0.39 is 28.8 Å². The van der Waals surface area contributed by atoms with Crippen molar-refractivity contribution < 1.29 is 43.7 Å². The van der Waals surface area contributed by atoms with Crippen LogP contribution in [0.2, 0.25) is 0 Å². The summed E-state index contributed by atoms with van der Waals surface area (Å²) in [6, 6.07) is 48.3. The molecule has 0 radical (unpaired) electrons. The molecule has 75 heavy (non-hydrogen) atoms. The first-order valence-corrected chi connectivity index (χ1v) is 25.9. The highest BCUT2D eigenvalue weighted by molar-refractivity contribution is 6.03. The number of nitro benzene ring substituents is 1. The molecule has 1 fully saturated rings. The van der Waals surface area contributed by atoms with E-state index in [9.17, 15) is 20.3 Å².